The van der Waals surface area contributed by atoms with Gasteiger partial charge in [-0.1, -0.05) is 27.4 Å². The van der Waals surface area contributed by atoms with Crippen LogP contribution in [-0.4, -0.2) is 12.1 Å². The average molecular weight is 234 g/mol. The van der Waals surface area contributed by atoms with Crippen molar-refractivity contribution in [2.75, 3.05) is 0 Å². The van der Waals surface area contributed by atoms with Crippen molar-refractivity contribution in [2.24, 2.45) is 22.2 Å². The monoisotopic (exact) mass is 234 g/mol. The zero-order valence-corrected chi connectivity index (χ0v) is 11.1. The van der Waals surface area contributed by atoms with E-state index in [1.54, 1.807) is 0 Å². The van der Waals surface area contributed by atoms with Crippen molar-refractivity contribution >= 4 is 5.97 Å². The van der Waals surface area contributed by atoms with E-state index >= 15 is 0 Å². The van der Waals surface area contributed by atoms with E-state index in [1.807, 2.05) is 0 Å². The normalized spacial score (nSPS) is 49.4. The Kier molecular flexibility index (Phi) is 1.97. The first-order chi connectivity index (χ1) is 7.86. The Morgan fingerprint density at radius 3 is 2.47 bits per heavy atom. The molecule has 0 saturated heterocycles. The fourth-order valence-electron chi connectivity index (χ4n) is 5.25. The molecule has 3 aliphatic rings. The van der Waals surface area contributed by atoms with Crippen LogP contribution in [0.2, 0.25) is 0 Å². The number of ether oxygens (including phenoxy) is 1. The second-order valence-corrected chi connectivity index (χ2v) is 7.16. The number of carbonyl (C=O) groups excluding carboxylic acids is 1. The molecule has 3 rings (SSSR count). The molecule has 3 saturated carbocycles. The quantitative estimate of drug-likeness (QED) is 0.541. The van der Waals surface area contributed by atoms with Gasteiger partial charge in [-0.2, -0.15) is 0 Å². The average Bonchev–Trinajstić information content (AvgIpc) is 2.39. The van der Waals surface area contributed by atoms with Crippen LogP contribution in [0, 0.1) is 22.2 Å². The Morgan fingerprint density at radius 2 is 2.06 bits per heavy atom. The van der Waals surface area contributed by atoms with Gasteiger partial charge in [-0.25, -0.2) is 4.79 Å². The second kappa shape index (κ2) is 2.96. The van der Waals surface area contributed by atoms with Gasteiger partial charge in [-0.15, -0.1) is 0 Å². The molecule has 0 aromatic heterocycles. The van der Waals surface area contributed by atoms with Crippen LogP contribution in [0.3, 0.4) is 0 Å². The Bertz CT molecular complexity index is 398. The van der Waals surface area contributed by atoms with Gasteiger partial charge in [0, 0.05) is 11.5 Å². The molecule has 2 nitrogen and oxygen atoms in total. The van der Waals surface area contributed by atoms with Gasteiger partial charge >= 0.3 is 5.97 Å². The summed E-state index contributed by atoms with van der Waals surface area (Å²) < 4.78 is 5.61. The van der Waals surface area contributed by atoms with Crippen molar-refractivity contribution in [2.45, 2.75) is 52.6 Å². The predicted molar refractivity (Wildman–Crippen MR) is 66.4 cm³/mol. The zero-order chi connectivity index (χ0) is 12.5. The molecule has 0 heterocycles. The van der Waals surface area contributed by atoms with Crippen LogP contribution in [0.25, 0.3) is 0 Å². The molecule has 4 unspecified atom stereocenters. The van der Waals surface area contributed by atoms with Gasteiger partial charge in [0.2, 0.25) is 0 Å². The van der Waals surface area contributed by atoms with E-state index in [-0.39, 0.29) is 17.5 Å². The fourth-order valence-corrected chi connectivity index (χ4v) is 5.25. The molecule has 3 fully saturated rings. The summed E-state index contributed by atoms with van der Waals surface area (Å²) in [6, 6.07) is 0. The highest BCUT2D eigenvalue weighted by molar-refractivity contribution is 5.81. The summed E-state index contributed by atoms with van der Waals surface area (Å²) in [5.74, 6) is 0.494. The molecular formula is C15H22O2. The Morgan fingerprint density at radius 1 is 1.35 bits per heavy atom. The third-order valence-electron chi connectivity index (χ3n) is 6.19. The fraction of sp³-hybridized carbons (Fsp3) is 0.800. The first kappa shape index (κ1) is 11.3. The van der Waals surface area contributed by atoms with Crippen LogP contribution >= 0.6 is 0 Å². The van der Waals surface area contributed by atoms with Crippen LogP contribution in [0.4, 0.5) is 0 Å². The SMILES string of the molecule is C=CC(=O)OC1CC2C(C)(C)CC23CCC13C. The first-order valence-electron chi connectivity index (χ1n) is 6.69. The minimum atomic E-state index is -0.252. The standard InChI is InChI=1S/C15H22O2/c1-5-12(16)17-11-8-10-13(2,3)9-15(10)7-6-14(11,15)4/h5,10-11H,1,6-9H2,2-4H3. The number of hydrogen-bond acceptors (Lipinski definition) is 2. The molecule has 17 heavy (non-hydrogen) atoms. The molecule has 0 amide bonds. The summed E-state index contributed by atoms with van der Waals surface area (Å²) in [6.07, 6.45) is 6.33. The highest BCUT2D eigenvalue weighted by Crippen LogP contribution is 2.82. The molecule has 94 valence electrons. The molecule has 0 aliphatic heterocycles. The minimum Gasteiger partial charge on any atom is -0.459 e. The maximum Gasteiger partial charge on any atom is 0.330 e. The number of esters is 1. The van der Waals surface area contributed by atoms with E-state index < -0.39 is 0 Å². The molecule has 4 atom stereocenters. The lowest BCUT2D eigenvalue weighted by atomic mass is 9.35. The van der Waals surface area contributed by atoms with Crippen LogP contribution < -0.4 is 0 Å². The van der Waals surface area contributed by atoms with Crippen LogP contribution in [-0.2, 0) is 9.53 Å². The van der Waals surface area contributed by atoms with Crippen molar-refractivity contribution in [3.8, 4) is 0 Å². The highest BCUT2D eigenvalue weighted by atomic mass is 16.5. The first-order valence-corrected chi connectivity index (χ1v) is 6.69. The van der Waals surface area contributed by atoms with Gasteiger partial charge in [0.25, 0.3) is 0 Å². The zero-order valence-electron chi connectivity index (χ0n) is 11.1. The smallest absolute Gasteiger partial charge is 0.330 e. The lowest BCUT2D eigenvalue weighted by molar-refractivity contribution is -0.220. The predicted octanol–water partition coefficient (Wildman–Crippen LogP) is 3.32. The van der Waals surface area contributed by atoms with Crippen molar-refractivity contribution < 1.29 is 9.53 Å². The number of hydrogen-bond donors (Lipinski definition) is 0. The summed E-state index contributed by atoms with van der Waals surface area (Å²) >= 11 is 0. The molecule has 0 aromatic rings. The van der Waals surface area contributed by atoms with Gasteiger partial charge in [-0.05, 0) is 42.4 Å². The third kappa shape index (κ3) is 1.10. The number of rotatable bonds is 2. The molecule has 2 heteroatoms. The Balaban J connectivity index is 1.85. The second-order valence-electron chi connectivity index (χ2n) is 7.16. The van der Waals surface area contributed by atoms with Crippen molar-refractivity contribution in [3.63, 3.8) is 0 Å². The summed E-state index contributed by atoms with van der Waals surface area (Å²) in [7, 11) is 0. The van der Waals surface area contributed by atoms with Gasteiger partial charge in [0.05, 0.1) is 0 Å². The Hall–Kier alpha value is -0.790. The van der Waals surface area contributed by atoms with E-state index in [4.69, 9.17) is 4.74 Å². The van der Waals surface area contributed by atoms with E-state index in [1.165, 1.54) is 25.3 Å². The van der Waals surface area contributed by atoms with E-state index in [0.29, 0.717) is 10.8 Å². The maximum absolute atomic E-state index is 11.4. The van der Waals surface area contributed by atoms with Gasteiger partial charge < -0.3 is 4.74 Å². The summed E-state index contributed by atoms with van der Waals surface area (Å²) in [5, 5.41) is 0. The summed E-state index contributed by atoms with van der Waals surface area (Å²) in [6.45, 7) is 10.5. The molecule has 0 aromatic carbocycles. The third-order valence-corrected chi connectivity index (χ3v) is 6.19. The van der Waals surface area contributed by atoms with Crippen molar-refractivity contribution in [1.82, 2.24) is 0 Å². The molecule has 1 spiro atoms. The molecule has 0 bridgehead atoms. The van der Waals surface area contributed by atoms with E-state index in [2.05, 4.69) is 27.4 Å². The molecule has 3 aliphatic carbocycles. The Labute approximate surface area is 103 Å². The van der Waals surface area contributed by atoms with E-state index in [9.17, 15) is 4.79 Å². The van der Waals surface area contributed by atoms with Gasteiger partial charge in [0.1, 0.15) is 6.10 Å². The topological polar surface area (TPSA) is 26.3 Å². The summed E-state index contributed by atoms with van der Waals surface area (Å²) in [4.78, 5) is 11.4. The van der Waals surface area contributed by atoms with Crippen LogP contribution in [0.1, 0.15) is 46.5 Å². The van der Waals surface area contributed by atoms with Crippen molar-refractivity contribution in [1.29, 1.82) is 0 Å². The van der Waals surface area contributed by atoms with Crippen LogP contribution in [0.5, 0.6) is 0 Å². The highest BCUT2D eigenvalue weighted by Gasteiger charge is 2.77. The lowest BCUT2D eigenvalue weighted by Gasteiger charge is -2.69. The van der Waals surface area contributed by atoms with Crippen molar-refractivity contribution in [3.05, 3.63) is 12.7 Å². The molecule has 0 radical (unpaired) electrons. The van der Waals surface area contributed by atoms with Gasteiger partial charge in [0.15, 0.2) is 0 Å². The lowest BCUT2D eigenvalue weighted by Crippen LogP contribution is -2.63. The molecular weight excluding hydrogens is 212 g/mol. The van der Waals surface area contributed by atoms with Gasteiger partial charge in [-0.3, -0.25) is 0 Å². The van der Waals surface area contributed by atoms with E-state index in [0.717, 1.165) is 12.3 Å². The largest absolute Gasteiger partial charge is 0.459 e. The number of carbonyl (C=O) groups is 1. The minimum absolute atomic E-state index is 0.119. The summed E-state index contributed by atoms with van der Waals surface area (Å²) in [5.41, 5.74) is 1.17. The van der Waals surface area contributed by atoms with Crippen LogP contribution in [0.15, 0.2) is 12.7 Å². The molecule has 0 N–H and O–H groups in total. The maximum atomic E-state index is 11.4.